The first kappa shape index (κ1) is 11.0. The molecule has 0 aromatic heterocycles. The molecule has 2 fully saturated rings. The van der Waals surface area contributed by atoms with Crippen molar-refractivity contribution < 1.29 is 4.79 Å². The van der Waals surface area contributed by atoms with Crippen molar-refractivity contribution in [3.63, 3.8) is 0 Å². The zero-order valence-corrected chi connectivity index (χ0v) is 10.9. The number of hydrogen-bond donors (Lipinski definition) is 0. The number of likely N-dealkylation sites (tertiary alicyclic amines) is 1. The quantitative estimate of drug-likeness (QED) is 0.709. The summed E-state index contributed by atoms with van der Waals surface area (Å²) in [7, 11) is 0. The van der Waals surface area contributed by atoms with Crippen LogP contribution in [0.1, 0.15) is 36.0 Å². The molecule has 1 amide bonds. The molecule has 2 unspecified atom stereocenters. The Morgan fingerprint density at radius 3 is 2.42 bits per heavy atom. The van der Waals surface area contributed by atoms with E-state index in [1.54, 1.807) is 0 Å². The number of benzene rings is 2. The fraction of sp³-hybridized carbons (Fsp3) is 0.353. The number of amides is 1. The molecule has 0 bridgehead atoms. The smallest absolute Gasteiger partial charge is 0.255 e. The van der Waals surface area contributed by atoms with Crippen LogP contribution in [0.15, 0.2) is 42.5 Å². The topological polar surface area (TPSA) is 20.1 Å². The SMILES string of the molecule is O=C(c1cccc2ccccc12)N1C2CCCCC21. The molecule has 2 aromatic rings. The fourth-order valence-electron chi connectivity index (χ4n) is 3.56. The second-order valence-corrected chi connectivity index (χ2v) is 5.66. The summed E-state index contributed by atoms with van der Waals surface area (Å²) in [5, 5.41) is 2.23. The van der Waals surface area contributed by atoms with Crippen LogP contribution in [0.3, 0.4) is 0 Å². The average molecular weight is 251 g/mol. The van der Waals surface area contributed by atoms with Gasteiger partial charge in [-0.05, 0) is 29.7 Å². The molecule has 1 saturated carbocycles. The van der Waals surface area contributed by atoms with Crippen molar-refractivity contribution in [3.05, 3.63) is 48.0 Å². The lowest BCUT2D eigenvalue weighted by atomic mass is 10.0. The lowest BCUT2D eigenvalue weighted by Crippen LogP contribution is -2.15. The number of fused-ring (bicyclic) bond motifs is 2. The van der Waals surface area contributed by atoms with Crippen LogP contribution in [0, 0.1) is 0 Å². The van der Waals surface area contributed by atoms with Gasteiger partial charge in [0.25, 0.3) is 5.91 Å². The molecule has 96 valence electrons. The molecule has 2 aromatic carbocycles. The van der Waals surface area contributed by atoms with E-state index in [0.29, 0.717) is 12.1 Å². The molecule has 19 heavy (non-hydrogen) atoms. The van der Waals surface area contributed by atoms with Crippen LogP contribution in [0.4, 0.5) is 0 Å². The molecule has 2 aliphatic rings. The molecule has 1 saturated heterocycles. The molecule has 1 heterocycles. The summed E-state index contributed by atoms with van der Waals surface area (Å²) in [5.41, 5.74) is 0.868. The summed E-state index contributed by atoms with van der Waals surface area (Å²) in [4.78, 5) is 14.8. The molecule has 0 radical (unpaired) electrons. The molecule has 4 rings (SSSR count). The van der Waals surface area contributed by atoms with Crippen LogP contribution in [0.25, 0.3) is 10.8 Å². The Morgan fingerprint density at radius 1 is 0.947 bits per heavy atom. The van der Waals surface area contributed by atoms with E-state index in [-0.39, 0.29) is 5.91 Å². The van der Waals surface area contributed by atoms with Gasteiger partial charge in [-0.25, -0.2) is 0 Å². The third kappa shape index (κ3) is 1.66. The Bertz CT molecular complexity index is 631. The van der Waals surface area contributed by atoms with Gasteiger partial charge in [0.05, 0.1) is 12.1 Å². The van der Waals surface area contributed by atoms with Gasteiger partial charge in [-0.1, -0.05) is 49.2 Å². The first-order chi connectivity index (χ1) is 9.36. The summed E-state index contributed by atoms with van der Waals surface area (Å²) in [6.45, 7) is 0. The van der Waals surface area contributed by atoms with Crippen molar-refractivity contribution in [1.82, 2.24) is 4.90 Å². The maximum Gasteiger partial charge on any atom is 0.255 e. The number of nitrogens with zero attached hydrogens (tertiary/aromatic N) is 1. The number of carbonyl (C=O) groups excluding carboxylic acids is 1. The van der Waals surface area contributed by atoms with Gasteiger partial charge >= 0.3 is 0 Å². The third-order valence-corrected chi connectivity index (χ3v) is 4.57. The standard InChI is InChI=1S/C17H17NO/c19-17(18-15-10-3-4-11-16(15)18)14-9-5-7-12-6-1-2-8-13(12)14/h1-2,5-9,15-16H,3-4,10-11H2. The average Bonchev–Trinajstić information content (AvgIpc) is 3.20. The van der Waals surface area contributed by atoms with Crippen LogP contribution in [0.2, 0.25) is 0 Å². The summed E-state index contributed by atoms with van der Waals surface area (Å²) in [5.74, 6) is 0.230. The molecule has 0 N–H and O–H groups in total. The largest absolute Gasteiger partial charge is 0.329 e. The van der Waals surface area contributed by atoms with E-state index in [2.05, 4.69) is 23.1 Å². The van der Waals surface area contributed by atoms with Crippen molar-refractivity contribution in [2.75, 3.05) is 0 Å². The Kier molecular flexibility index (Phi) is 2.37. The zero-order valence-electron chi connectivity index (χ0n) is 10.9. The van der Waals surface area contributed by atoms with Gasteiger partial charge in [0, 0.05) is 5.56 Å². The first-order valence-corrected chi connectivity index (χ1v) is 7.17. The van der Waals surface area contributed by atoms with Gasteiger partial charge in [-0.15, -0.1) is 0 Å². The van der Waals surface area contributed by atoms with Crippen molar-refractivity contribution in [1.29, 1.82) is 0 Å². The zero-order chi connectivity index (χ0) is 12.8. The molecule has 2 nitrogen and oxygen atoms in total. The maximum atomic E-state index is 12.7. The molecule has 1 aliphatic heterocycles. The highest BCUT2D eigenvalue weighted by atomic mass is 16.2. The van der Waals surface area contributed by atoms with Crippen LogP contribution in [0.5, 0.6) is 0 Å². The highest BCUT2D eigenvalue weighted by Crippen LogP contribution is 2.42. The highest BCUT2D eigenvalue weighted by Gasteiger charge is 2.51. The molecule has 2 atom stereocenters. The van der Waals surface area contributed by atoms with E-state index in [0.717, 1.165) is 16.3 Å². The number of carbonyl (C=O) groups is 1. The number of hydrogen-bond acceptors (Lipinski definition) is 1. The van der Waals surface area contributed by atoms with Crippen molar-refractivity contribution >= 4 is 16.7 Å². The van der Waals surface area contributed by atoms with Gasteiger partial charge in [-0.2, -0.15) is 0 Å². The van der Waals surface area contributed by atoms with Crippen molar-refractivity contribution in [2.24, 2.45) is 0 Å². The van der Waals surface area contributed by atoms with Crippen LogP contribution in [-0.2, 0) is 0 Å². The van der Waals surface area contributed by atoms with E-state index in [1.807, 2.05) is 24.3 Å². The lowest BCUT2D eigenvalue weighted by Gasteiger charge is -2.07. The summed E-state index contributed by atoms with van der Waals surface area (Å²) in [6, 6.07) is 15.2. The Hall–Kier alpha value is -1.83. The molecular formula is C17H17NO. The maximum absolute atomic E-state index is 12.7. The van der Waals surface area contributed by atoms with E-state index in [4.69, 9.17) is 0 Å². The van der Waals surface area contributed by atoms with Gasteiger partial charge in [0.15, 0.2) is 0 Å². The Labute approximate surface area is 113 Å². The Morgan fingerprint density at radius 2 is 1.63 bits per heavy atom. The minimum absolute atomic E-state index is 0.230. The Balaban J connectivity index is 1.73. The summed E-state index contributed by atoms with van der Waals surface area (Å²) in [6.07, 6.45) is 4.95. The van der Waals surface area contributed by atoms with E-state index < -0.39 is 0 Å². The minimum atomic E-state index is 0.230. The first-order valence-electron chi connectivity index (χ1n) is 7.17. The van der Waals surface area contributed by atoms with Gasteiger partial charge < -0.3 is 4.90 Å². The van der Waals surface area contributed by atoms with Crippen molar-refractivity contribution in [2.45, 2.75) is 37.8 Å². The lowest BCUT2D eigenvalue weighted by molar-refractivity contribution is 0.0867. The third-order valence-electron chi connectivity index (χ3n) is 4.57. The van der Waals surface area contributed by atoms with Crippen LogP contribution in [-0.4, -0.2) is 22.9 Å². The van der Waals surface area contributed by atoms with Crippen molar-refractivity contribution in [3.8, 4) is 0 Å². The predicted molar refractivity (Wildman–Crippen MR) is 76.2 cm³/mol. The summed E-state index contributed by atoms with van der Waals surface area (Å²) >= 11 is 0. The summed E-state index contributed by atoms with van der Waals surface area (Å²) < 4.78 is 0. The van der Waals surface area contributed by atoms with E-state index >= 15 is 0 Å². The predicted octanol–water partition coefficient (Wildman–Crippen LogP) is 3.61. The molecule has 1 aliphatic carbocycles. The molecule has 0 spiro atoms. The van der Waals surface area contributed by atoms with Gasteiger partial charge in [0.2, 0.25) is 0 Å². The van der Waals surface area contributed by atoms with Gasteiger partial charge in [-0.3, -0.25) is 4.79 Å². The normalized spacial score (nSPS) is 25.2. The highest BCUT2D eigenvalue weighted by molar-refractivity contribution is 6.08. The van der Waals surface area contributed by atoms with Gasteiger partial charge in [0.1, 0.15) is 0 Å². The van der Waals surface area contributed by atoms with Crippen LogP contribution >= 0.6 is 0 Å². The monoisotopic (exact) mass is 251 g/mol. The van der Waals surface area contributed by atoms with E-state index in [1.165, 1.54) is 25.7 Å². The van der Waals surface area contributed by atoms with Crippen LogP contribution < -0.4 is 0 Å². The van der Waals surface area contributed by atoms with E-state index in [9.17, 15) is 4.79 Å². The fourth-order valence-corrected chi connectivity index (χ4v) is 3.56. The second kappa shape index (κ2) is 4.09. The molecular weight excluding hydrogens is 234 g/mol. The number of rotatable bonds is 1. The molecule has 2 heteroatoms. The minimum Gasteiger partial charge on any atom is -0.329 e. The second-order valence-electron chi connectivity index (χ2n) is 5.66.